The summed E-state index contributed by atoms with van der Waals surface area (Å²) in [5, 5.41) is 8.52. The van der Waals surface area contributed by atoms with Gasteiger partial charge in [-0.2, -0.15) is 5.10 Å². The van der Waals surface area contributed by atoms with Crippen LogP contribution in [0.1, 0.15) is 25.0 Å². The van der Waals surface area contributed by atoms with E-state index in [1.54, 1.807) is 29.1 Å². The second-order valence-corrected chi connectivity index (χ2v) is 9.94. The minimum atomic E-state index is -0.750. The standard InChI is InChI=1S/C26H27FN8O/c1-26(2)19-21(31-25(26)36)29-22(30-24(19)34-13-11-33(3)12-14-34)20-17-8-6-10-28-23(17)35(32-20)15-16-7-4-5-9-18(16)27/h4-10H,11-15H2,1-3H3,(H,29,30,31,36). The van der Waals surface area contributed by atoms with Crippen molar-refractivity contribution in [3.63, 3.8) is 0 Å². The van der Waals surface area contributed by atoms with Crippen LogP contribution in [-0.4, -0.2) is 68.8 Å². The molecule has 0 aliphatic carbocycles. The molecule has 0 unspecified atom stereocenters. The van der Waals surface area contributed by atoms with E-state index in [4.69, 9.17) is 15.1 Å². The van der Waals surface area contributed by atoms with E-state index >= 15 is 0 Å². The van der Waals surface area contributed by atoms with Crippen molar-refractivity contribution in [3.05, 3.63) is 59.5 Å². The molecule has 184 valence electrons. The van der Waals surface area contributed by atoms with Gasteiger partial charge in [0.2, 0.25) is 5.91 Å². The Bertz CT molecular complexity index is 1490. The van der Waals surface area contributed by atoms with Gasteiger partial charge in [0, 0.05) is 37.9 Å². The topological polar surface area (TPSA) is 92.1 Å². The fourth-order valence-corrected chi connectivity index (χ4v) is 4.92. The first-order chi connectivity index (χ1) is 17.3. The van der Waals surface area contributed by atoms with Gasteiger partial charge in [-0.05, 0) is 39.1 Å². The Hall–Kier alpha value is -3.92. The van der Waals surface area contributed by atoms with Gasteiger partial charge >= 0.3 is 0 Å². The largest absolute Gasteiger partial charge is 0.354 e. The second-order valence-electron chi connectivity index (χ2n) is 9.94. The van der Waals surface area contributed by atoms with Crippen molar-refractivity contribution in [2.45, 2.75) is 25.8 Å². The molecule has 9 nitrogen and oxygen atoms in total. The molecule has 0 spiro atoms. The molecule has 0 atom stereocenters. The first kappa shape index (κ1) is 22.5. The van der Waals surface area contributed by atoms with E-state index in [0.29, 0.717) is 28.5 Å². The number of halogens is 1. The number of aromatic nitrogens is 5. The lowest BCUT2D eigenvalue weighted by Gasteiger charge is -2.35. The van der Waals surface area contributed by atoms with E-state index in [9.17, 15) is 9.18 Å². The van der Waals surface area contributed by atoms with Gasteiger partial charge in [0.05, 0.1) is 22.9 Å². The molecule has 0 bridgehead atoms. The number of piperazine rings is 1. The Kier molecular flexibility index (Phi) is 5.22. The minimum Gasteiger partial charge on any atom is -0.354 e. The summed E-state index contributed by atoms with van der Waals surface area (Å²) < 4.78 is 16.1. The number of amides is 1. The highest BCUT2D eigenvalue weighted by Gasteiger charge is 2.44. The number of hydrogen-bond donors (Lipinski definition) is 1. The van der Waals surface area contributed by atoms with E-state index in [1.165, 1.54) is 6.07 Å². The Morgan fingerprint density at radius 3 is 2.61 bits per heavy atom. The number of nitrogens with one attached hydrogen (secondary N) is 1. The molecule has 1 N–H and O–H groups in total. The Morgan fingerprint density at radius 2 is 1.83 bits per heavy atom. The lowest BCUT2D eigenvalue weighted by atomic mass is 9.86. The molecule has 2 aliphatic rings. The molecule has 36 heavy (non-hydrogen) atoms. The highest BCUT2D eigenvalue weighted by atomic mass is 19.1. The van der Waals surface area contributed by atoms with Crippen molar-refractivity contribution >= 4 is 28.6 Å². The predicted molar refractivity (Wildman–Crippen MR) is 135 cm³/mol. The highest BCUT2D eigenvalue weighted by Crippen LogP contribution is 2.43. The van der Waals surface area contributed by atoms with Crippen LogP contribution in [0.3, 0.4) is 0 Å². The average Bonchev–Trinajstić information content (AvgIpc) is 3.34. The summed E-state index contributed by atoms with van der Waals surface area (Å²) in [6.45, 7) is 7.43. The van der Waals surface area contributed by atoms with Crippen molar-refractivity contribution < 1.29 is 9.18 Å². The molecule has 1 fully saturated rings. The van der Waals surface area contributed by atoms with Crippen LogP contribution in [0.2, 0.25) is 0 Å². The zero-order chi connectivity index (χ0) is 25.0. The first-order valence-electron chi connectivity index (χ1n) is 12.1. The van der Waals surface area contributed by atoms with E-state index in [1.807, 2.05) is 26.0 Å². The number of hydrogen-bond acceptors (Lipinski definition) is 7. The van der Waals surface area contributed by atoms with Gasteiger partial charge in [0.25, 0.3) is 0 Å². The molecule has 0 radical (unpaired) electrons. The summed E-state index contributed by atoms with van der Waals surface area (Å²) >= 11 is 0. The van der Waals surface area contributed by atoms with Crippen LogP contribution in [0.4, 0.5) is 16.0 Å². The van der Waals surface area contributed by atoms with Crippen LogP contribution in [0.15, 0.2) is 42.6 Å². The molecule has 1 saturated heterocycles. The van der Waals surface area contributed by atoms with Crippen molar-refractivity contribution in [3.8, 4) is 11.5 Å². The van der Waals surface area contributed by atoms with Gasteiger partial charge < -0.3 is 15.1 Å². The van der Waals surface area contributed by atoms with E-state index < -0.39 is 5.41 Å². The maximum atomic E-state index is 14.4. The normalized spacial score (nSPS) is 17.4. The van der Waals surface area contributed by atoms with Gasteiger partial charge in [0.15, 0.2) is 11.5 Å². The molecule has 0 saturated carbocycles. The molecule has 3 aromatic heterocycles. The average molecular weight is 487 g/mol. The fraction of sp³-hybridized carbons (Fsp3) is 0.346. The number of fused-ring (bicyclic) bond motifs is 2. The molecular formula is C26H27FN8O. The summed E-state index contributed by atoms with van der Waals surface area (Å²) in [7, 11) is 2.10. The van der Waals surface area contributed by atoms with Crippen molar-refractivity contribution in [2.24, 2.45) is 0 Å². The number of benzene rings is 1. The van der Waals surface area contributed by atoms with E-state index in [0.717, 1.165) is 42.9 Å². The Balaban J connectivity index is 1.51. The predicted octanol–water partition coefficient (Wildman–Crippen LogP) is 3.06. The van der Waals surface area contributed by atoms with Crippen molar-refractivity contribution in [1.29, 1.82) is 0 Å². The molecule has 5 heterocycles. The smallest absolute Gasteiger partial charge is 0.235 e. The molecule has 10 heteroatoms. The third kappa shape index (κ3) is 3.60. The third-order valence-electron chi connectivity index (χ3n) is 7.11. The second kappa shape index (κ2) is 8.34. The van der Waals surface area contributed by atoms with Gasteiger partial charge in [-0.3, -0.25) is 4.79 Å². The zero-order valence-electron chi connectivity index (χ0n) is 20.5. The first-order valence-corrected chi connectivity index (χ1v) is 12.1. The minimum absolute atomic E-state index is 0.101. The summed E-state index contributed by atoms with van der Waals surface area (Å²) in [6, 6.07) is 10.4. The third-order valence-corrected chi connectivity index (χ3v) is 7.11. The van der Waals surface area contributed by atoms with Crippen LogP contribution < -0.4 is 10.2 Å². The highest BCUT2D eigenvalue weighted by molar-refractivity contribution is 6.06. The number of pyridine rings is 1. The van der Waals surface area contributed by atoms with Gasteiger partial charge in [0.1, 0.15) is 23.1 Å². The maximum absolute atomic E-state index is 14.4. The summed E-state index contributed by atoms with van der Waals surface area (Å²) in [5.41, 5.74) is 1.74. The van der Waals surface area contributed by atoms with Crippen LogP contribution in [0.5, 0.6) is 0 Å². The van der Waals surface area contributed by atoms with Crippen molar-refractivity contribution in [1.82, 2.24) is 29.6 Å². The molecular weight excluding hydrogens is 459 g/mol. The maximum Gasteiger partial charge on any atom is 0.235 e. The number of rotatable bonds is 4. The number of likely N-dealkylation sites (N-methyl/N-ethyl adjacent to an activating group) is 1. The Morgan fingerprint density at radius 1 is 1.06 bits per heavy atom. The van der Waals surface area contributed by atoms with Crippen LogP contribution >= 0.6 is 0 Å². The fourth-order valence-electron chi connectivity index (χ4n) is 4.92. The van der Waals surface area contributed by atoms with Crippen LogP contribution in [-0.2, 0) is 16.8 Å². The lowest BCUT2D eigenvalue weighted by Crippen LogP contribution is -2.45. The molecule has 6 rings (SSSR count). The van der Waals surface area contributed by atoms with Gasteiger partial charge in [-0.25, -0.2) is 24.0 Å². The zero-order valence-corrected chi connectivity index (χ0v) is 20.5. The van der Waals surface area contributed by atoms with Gasteiger partial charge in [-0.15, -0.1) is 0 Å². The van der Waals surface area contributed by atoms with Crippen LogP contribution in [0.25, 0.3) is 22.6 Å². The molecule has 4 aromatic rings. The molecule has 1 aromatic carbocycles. The van der Waals surface area contributed by atoms with E-state index in [2.05, 4.69) is 27.1 Å². The monoisotopic (exact) mass is 486 g/mol. The summed E-state index contributed by atoms with van der Waals surface area (Å²) in [6.07, 6.45) is 1.69. The number of nitrogens with zero attached hydrogens (tertiary/aromatic N) is 7. The van der Waals surface area contributed by atoms with E-state index in [-0.39, 0.29) is 18.3 Å². The number of carbonyl (C=O) groups excluding carboxylic acids is 1. The quantitative estimate of drug-likeness (QED) is 0.474. The number of carbonyl (C=O) groups is 1. The lowest BCUT2D eigenvalue weighted by molar-refractivity contribution is -0.119. The van der Waals surface area contributed by atoms with Gasteiger partial charge in [-0.1, -0.05) is 18.2 Å². The van der Waals surface area contributed by atoms with Crippen LogP contribution in [0, 0.1) is 5.82 Å². The number of anilines is 2. The SMILES string of the molecule is CN1CCN(c2nc(-c3nn(Cc4ccccc4F)c4ncccc34)nc3c2C(C)(C)C(=O)N3)CC1. The summed E-state index contributed by atoms with van der Waals surface area (Å²) in [4.78, 5) is 31.7. The Labute approximate surface area is 208 Å². The molecule has 1 amide bonds. The van der Waals surface area contributed by atoms with Crippen molar-refractivity contribution in [2.75, 3.05) is 43.4 Å². The molecule has 2 aliphatic heterocycles. The summed E-state index contributed by atoms with van der Waals surface area (Å²) in [5.74, 6) is 1.29.